The van der Waals surface area contributed by atoms with E-state index in [1.54, 1.807) is 10.9 Å². The normalized spacial score (nSPS) is 10.4. The molecule has 1 aromatic carbocycles. The molecule has 0 bridgehead atoms. The molecule has 0 aliphatic heterocycles. The van der Waals surface area contributed by atoms with Crippen LogP contribution in [0.5, 0.6) is 0 Å². The fourth-order valence-electron chi connectivity index (χ4n) is 2.21. The molecule has 0 radical (unpaired) electrons. The zero-order valence-electron chi connectivity index (χ0n) is 14.5. The van der Waals surface area contributed by atoms with Gasteiger partial charge in [0.2, 0.25) is 0 Å². The van der Waals surface area contributed by atoms with E-state index in [9.17, 15) is 19.7 Å². The molecule has 1 heterocycles. The Balaban J connectivity index is 2.06. The van der Waals surface area contributed by atoms with Crippen LogP contribution in [0.1, 0.15) is 41.9 Å². The highest BCUT2D eigenvalue weighted by Crippen LogP contribution is 2.21. The van der Waals surface area contributed by atoms with Gasteiger partial charge in [-0.3, -0.25) is 24.4 Å². The number of amides is 1. The van der Waals surface area contributed by atoms with Gasteiger partial charge in [-0.15, -0.1) is 5.10 Å². The molecular formula is C16H19N5O5. The van der Waals surface area contributed by atoms with Crippen LogP contribution in [-0.2, 0) is 29.2 Å². The van der Waals surface area contributed by atoms with Gasteiger partial charge in [0, 0.05) is 25.1 Å². The molecule has 26 heavy (non-hydrogen) atoms. The van der Waals surface area contributed by atoms with E-state index in [1.807, 2.05) is 6.92 Å². The van der Waals surface area contributed by atoms with E-state index in [4.69, 9.17) is 4.74 Å². The number of nitrogens with one attached hydrogen (secondary N) is 1. The summed E-state index contributed by atoms with van der Waals surface area (Å²) in [7, 11) is 0. The summed E-state index contributed by atoms with van der Waals surface area (Å²) >= 11 is 0. The third kappa shape index (κ3) is 5.10. The first-order valence-electron chi connectivity index (χ1n) is 7.98. The van der Waals surface area contributed by atoms with Crippen LogP contribution in [0.3, 0.4) is 0 Å². The van der Waals surface area contributed by atoms with E-state index in [0.29, 0.717) is 5.69 Å². The SMILES string of the molecule is CCCn1cc(CNC(=O)c2ccc(COC(C)=O)c([N+](=O)[O-])c2)nn1. The summed E-state index contributed by atoms with van der Waals surface area (Å²) in [5.74, 6) is -1.02. The van der Waals surface area contributed by atoms with Gasteiger partial charge in [0.1, 0.15) is 12.3 Å². The number of carbonyl (C=O) groups is 2. The molecule has 0 aliphatic carbocycles. The molecule has 0 saturated carbocycles. The summed E-state index contributed by atoms with van der Waals surface area (Å²) in [6.07, 6.45) is 2.65. The quantitative estimate of drug-likeness (QED) is 0.429. The van der Waals surface area contributed by atoms with Crippen LogP contribution in [-0.4, -0.2) is 31.8 Å². The first-order valence-corrected chi connectivity index (χ1v) is 7.98. The Morgan fingerprint density at radius 3 is 2.81 bits per heavy atom. The lowest BCUT2D eigenvalue weighted by molar-refractivity contribution is -0.385. The average molecular weight is 361 g/mol. The second-order valence-electron chi connectivity index (χ2n) is 5.54. The number of nitro benzene ring substituents is 1. The molecule has 2 aromatic rings. The predicted molar refractivity (Wildman–Crippen MR) is 90.0 cm³/mol. The van der Waals surface area contributed by atoms with E-state index in [0.717, 1.165) is 19.0 Å². The molecule has 10 heteroatoms. The molecule has 0 unspecified atom stereocenters. The minimum Gasteiger partial charge on any atom is -0.461 e. The molecule has 2 rings (SSSR count). The minimum absolute atomic E-state index is 0.129. The summed E-state index contributed by atoms with van der Waals surface area (Å²) in [6.45, 7) is 3.89. The van der Waals surface area contributed by atoms with E-state index in [1.165, 1.54) is 19.1 Å². The van der Waals surface area contributed by atoms with Crippen LogP contribution in [0.4, 0.5) is 5.69 Å². The van der Waals surface area contributed by atoms with Crippen molar-refractivity contribution >= 4 is 17.6 Å². The van der Waals surface area contributed by atoms with Gasteiger partial charge in [-0.25, -0.2) is 0 Å². The lowest BCUT2D eigenvalue weighted by Gasteiger charge is -2.07. The van der Waals surface area contributed by atoms with E-state index in [-0.39, 0.29) is 30.0 Å². The standard InChI is InChI=1S/C16H19N5O5/c1-3-6-20-9-14(18-19-20)8-17-16(23)12-4-5-13(10-26-11(2)22)15(7-12)21(24)25/h4-5,7,9H,3,6,8,10H2,1-2H3,(H,17,23). The average Bonchev–Trinajstić information content (AvgIpc) is 3.05. The number of rotatable bonds is 8. The van der Waals surface area contributed by atoms with Crippen molar-refractivity contribution in [3.63, 3.8) is 0 Å². The van der Waals surface area contributed by atoms with Gasteiger partial charge in [-0.05, 0) is 18.6 Å². The van der Waals surface area contributed by atoms with Crippen molar-refractivity contribution < 1.29 is 19.2 Å². The molecule has 1 amide bonds. The molecular weight excluding hydrogens is 342 g/mol. The maximum Gasteiger partial charge on any atom is 0.302 e. The third-order valence-corrected chi connectivity index (χ3v) is 3.44. The smallest absolute Gasteiger partial charge is 0.302 e. The van der Waals surface area contributed by atoms with Crippen molar-refractivity contribution in [3.05, 3.63) is 51.3 Å². The van der Waals surface area contributed by atoms with E-state index < -0.39 is 16.8 Å². The number of hydrogen-bond acceptors (Lipinski definition) is 7. The van der Waals surface area contributed by atoms with Gasteiger partial charge < -0.3 is 10.1 Å². The molecule has 0 spiro atoms. The van der Waals surface area contributed by atoms with Crippen LogP contribution < -0.4 is 5.32 Å². The molecule has 0 atom stereocenters. The summed E-state index contributed by atoms with van der Waals surface area (Å²) in [6, 6.07) is 3.99. The maximum absolute atomic E-state index is 12.2. The highest BCUT2D eigenvalue weighted by molar-refractivity contribution is 5.94. The molecule has 0 fully saturated rings. The number of nitrogens with zero attached hydrogens (tertiary/aromatic N) is 4. The fourth-order valence-corrected chi connectivity index (χ4v) is 2.21. The van der Waals surface area contributed by atoms with Crippen molar-refractivity contribution in [2.24, 2.45) is 0 Å². The second kappa shape index (κ2) is 8.70. The summed E-state index contributed by atoms with van der Waals surface area (Å²) in [5.41, 5.74) is 0.647. The van der Waals surface area contributed by atoms with Crippen LogP contribution >= 0.6 is 0 Å². The minimum atomic E-state index is -0.619. The van der Waals surface area contributed by atoms with Crippen LogP contribution in [0.15, 0.2) is 24.4 Å². The number of carbonyl (C=O) groups excluding carboxylic acids is 2. The Morgan fingerprint density at radius 1 is 1.38 bits per heavy atom. The van der Waals surface area contributed by atoms with Crippen LogP contribution in [0.25, 0.3) is 0 Å². The van der Waals surface area contributed by atoms with Crippen molar-refractivity contribution in [1.82, 2.24) is 20.3 Å². The topological polar surface area (TPSA) is 129 Å². The van der Waals surface area contributed by atoms with E-state index >= 15 is 0 Å². The van der Waals surface area contributed by atoms with Gasteiger partial charge in [-0.2, -0.15) is 0 Å². The number of nitro groups is 1. The van der Waals surface area contributed by atoms with Crippen molar-refractivity contribution in [2.75, 3.05) is 0 Å². The number of ether oxygens (including phenoxy) is 1. The van der Waals surface area contributed by atoms with Crippen molar-refractivity contribution in [1.29, 1.82) is 0 Å². The zero-order chi connectivity index (χ0) is 19.1. The molecule has 1 aromatic heterocycles. The summed E-state index contributed by atoms with van der Waals surface area (Å²) in [4.78, 5) is 33.7. The Morgan fingerprint density at radius 2 is 2.15 bits per heavy atom. The number of aryl methyl sites for hydroxylation is 1. The summed E-state index contributed by atoms with van der Waals surface area (Å²) in [5, 5.41) is 21.7. The van der Waals surface area contributed by atoms with Gasteiger partial charge in [0.05, 0.1) is 23.2 Å². The predicted octanol–water partition coefficient (Wildman–Crippen LogP) is 1.59. The third-order valence-electron chi connectivity index (χ3n) is 3.44. The van der Waals surface area contributed by atoms with Crippen molar-refractivity contribution in [3.8, 4) is 0 Å². The molecule has 1 N–H and O–H groups in total. The van der Waals surface area contributed by atoms with Gasteiger partial charge in [0.15, 0.2) is 0 Å². The fraction of sp³-hybridized carbons (Fsp3) is 0.375. The lowest BCUT2D eigenvalue weighted by atomic mass is 10.1. The first kappa shape index (κ1) is 19.0. The number of hydrogen-bond donors (Lipinski definition) is 1. The van der Waals surface area contributed by atoms with Crippen LogP contribution in [0, 0.1) is 10.1 Å². The Kier molecular flexibility index (Phi) is 6.36. The molecule has 0 aliphatic rings. The van der Waals surface area contributed by atoms with Crippen molar-refractivity contribution in [2.45, 2.75) is 40.0 Å². The van der Waals surface area contributed by atoms with Gasteiger partial charge in [0.25, 0.3) is 11.6 Å². The molecule has 138 valence electrons. The highest BCUT2D eigenvalue weighted by atomic mass is 16.6. The molecule has 0 saturated heterocycles. The number of aromatic nitrogens is 3. The van der Waals surface area contributed by atoms with Gasteiger partial charge in [-0.1, -0.05) is 12.1 Å². The second-order valence-corrected chi connectivity index (χ2v) is 5.54. The number of esters is 1. The first-order chi connectivity index (χ1) is 12.4. The Hall–Kier alpha value is -3.30. The number of benzene rings is 1. The summed E-state index contributed by atoms with van der Waals surface area (Å²) < 4.78 is 6.46. The van der Waals surface area contributed by atoms with Crippen LogP contribution in [0.2, 0.25) is 0 Å². The Bertz CT molecular complexity index is 817. The van der Waals surface area contributed by atoms with E-state index in [2.05, 4.69) is 15.6 Å². The Labute approximate surface area is 149 Å². The zero-order valence-corrected chi connectivity index (χ0v) is 14.5. The highest BCUT2D eigenvalue weighted by Gasteiger charge is 2.18. The maximum atomic E-state index is 12.2. The monoisotopic (exact) mass is 361 g/mol. The van der Waals surface area contributed by atoms with Gasteiger partial charge >= 0.3 is 5.97 Å². The lowest BCUT2D eigenvalue weighted by Crippen LogP contribution is -2.23. The largest absolute Gasteiger partial charge is 0.461 e. The molecule has 10 nitrogen and oxygen atoms in total.